The molecule has 1 atom stereocenters. The molecule has 1 unspecified atom stereocenters. The molecule has 0 aliphatic rings. The Labute approximate surface area is 160 Å². The monoisotopic (exact) mass is 372 g/mol. The summed E-state index contributed by atoms with van der Waals surface area (Å²) in [6.07, 6.45) is 0.586. The minimum absolute atomic E-state index is 0.162. The normalized spacial score (nSPS) is 11.6. The number of methoxy groups -OCH3 is 2. The molecule has 1 aromatic carbocycles. The molecular formula is C20H28N4O3. The number of nitrogens with one attached hydrogen (secondary N) is 1. The number of aryl methyl sites for hydroxylation is 2. The van der Waals surface area contributed by atoms with Crippen molar-refractivity contribution in [2.24, 2.45) is 0 Å². The molecule has 1 N–H and O–H groups in total. The molecule has 7 nitrogen and oxygen atoms in total. The molecule has 0 bridgehead atoms. The molecule has 27 heavy (non-hydrogen) atoms. The van der Waals surface area contributed by atoms with Crippen LogP contribution in [-0.4, -0.2) is 48.7 Å². The van der Waals surface area contributed by atoms with Crippen LogP contribution in [0.2, 0.25) is 0 Å². The number of aromatic nitrogens is 2. The Bertz CT molecular complexity index is 775. The maximum Gasteiger partial charge on any atom is 0.317 e. The van der Waals surface area contributed by atoms with Crippen molar-refractivity contribution in [3.8, 4) is 11.5 Å². The van der Waals surface area contributed by atoms with Gasteiger partial charge in [-0.2, -0.15) is 0 Å². The topological polar surface area (TPSA) is 76.6 Å². The zero-order chi connectivity index (χ0) is 20.0. The van der Waals surface area contributed by atoms with Gasteiger partial charge in [-0.15, -0.1) is 0 Å². The van der Waals surface area contributed by atoms with Crippen LogP contribution in [0.25, 0.3) is 0 Å². The number of hydrogen-bond donors (Lipinski definition) is 1. The number of nitrogens with zero attached hydrogens (tertiary/aromatic N) is 3. The van der Waals surface area contributed by atoms with Crippen molar-refractivity contribution < 1.29 is 14.3 Å². The molecule has 0 aliphatic heterocycles. The van der Waals surface area contributed by atoms with E-state index >= 15 is 0 Å². The van der Waals surface area contributed by atoms with Crippen LogP contribution < -0.4 is 14.8 Å². The molecule has 0 radical (unpaired) electrons. The van der Waals surface area contributed by atoms with Crippen LogP contribution in [0.1, 0.15) is 35.7 Å². The third-order valence-electron chi connectivity index (χ3n) is 4.45. The van der Waals surface area contributed by atoms with E-state index in [0.29, 0.717) is 24.5 Å². The average molecular weight is 372 g/mol. The number of rotatable bonds is 7. The highest BCUT2D eigenvalue weighted by Gasteiger charge is 2.20. The van der Waals surface area contributed by atoms with E-state index in [-0.39, 0.29) is 12.1 Å². The molecule has 2 amide bonds. The Kier molecular flexibility index (Phi) is 6.98. The minimum Gasteiger partial charge on any atom is -0.497 e. The fourth-order valence-corrected chi connectivity index (χ4v) is 2.86. The second-order valence-corrected chi connectivity index (χ2v) is 6.44. The average Bonchev–Trinajstić information content (AvgIpc) is 2.65. The summed E-state index contributed by atoms with van der Waals surface area (Å²) in [6.45, 7) is 6.30. The second kappa shape index (κ2) is 9.21. The fourth-order valence-electron chi connectivity index (χ4n) is 2.86. The lowest BCUT2D eigenvalue weighted by Crippen LogP contribution is -2.39. The molecule has 0 fully saturated rings. The SMILES string of the molecule is COc1ccc(C(C)N(C)C(=O)NCCc2nc(C)cc(C)n2)c(OC)c1. The molecule has 2 rings (SSSR count). The van der Waals surface area contributed by atoms with E-state index in [1.807, 2.05) is 45.0 Å². The van der Waals surface area contributed by atoms with Crippen LogP contribution >= 0.6 is 0 Å². The molecule has 7 heteroatoms. The summed E-state index contributed by atoms with van der Waals surface area (Å²) in [5, 5.41) is 2.92. The highest BCUT2D eigenvalue weighted by Crippen LogP contribution is 2.31. The van der Waals surface area contributed by atoms with Gasteiger partial charge in [0, 0.05) is 43.0 Å². The van der Waals surface area contributed by atoms with Gasteiger partial charge < -0.3 is 19.7 Å². The van der Waals surface area contributed by atoms with E-state index in [9.17, 15) is 4.79 Å². The van der Waals surface area contributed by atoms with Gasteiger partial charge in [0.05, 0.1) is 20.3 Å². The van der Waals surface area contributed by atoms with E-state index in [2.05, 4.69) is 15.3 Å². The van der Waals surface area contributed by atoms with Gasteiger partial charge in [-0.25, -0.2) is 14.8 Å². The van der Waals surface area contributed by atoms with Crippen LogP contribution in [0, 0.1) is 13.8 Å². The first-order chi connectivity index (χ1) is 12.8. The molecule has 0 saturated carbocycles. The highest BCUT2D eigenvalue weighted by atomic mass is 16.5. The third kappa shape index (κ3) is 5.32. The Balaban J connectivity index is 1.97. The van der Waals surface area contributed by atoms with Gasteiger partial charge in [0.1, 0.15) is 17.3 Å². The van der Waals surface area contributed by atoms with Gasteiger partial charge >= 0.3 is 6.03 Å². The van der Waals surface area contributed by atoms with E-state index in [1.165, 1.54) is 0 Å². The number of urea groups is 1. The molecule has 0 saturated heterocycles. The van der Waals surface area contributed by atoms with Crippen LogP contribution in [0.15, 0.2) is 24.3 Å². The van der Waals surface area contributed by atoms with Crippen molar-refractivity contribution in [2.45, 2.75) is 33.2 Å². The zero-order valence-electron chi connectivity index (χ0n) is 16.9. The van der Waals surface area contributed by atoms with E-state index in [0.717, 1.165) is 22.8 Å². The van der Waals surface area contributed by atoms with Crippen LogP contribution in [0.5, 0.6) is 11.5 Å². The molecule has 0 aliphatic carbocycles. The maximum atomic E-state index is 12.5. The van der Waals surface area contributed by atoms with Crippen molar-refractivity contribution >= 4 is 6.03 Å². The van der Waals surface area contributed by atoms with Gasteiger partial charge in [-0.05, 0) is 39.0 Å². The first-order valence-electron chi connectivity index (χ1n) is 8.89. The highest BCUT2D eigenvalue weighted by molar-refractivity contribution is 5.74. The number of ether oxygens (including phenoxy) is 2. The first kappa shape index (κ1) is 20.5. The first-order valence-corrected chi connectivity index (χ1v) is 8.89. The van der Waals surface area contributed by atoms with Crippen molar-refractivity contribution in [1.29, 1.82) is 0 Å². The summed E-state index contributed by atoms with van der Waals surface area (Å²) in [7, 11) is 4.97. The summed E-state index contributed by atoms with van der Waals surface area (Å²) in [5.41, 5.74) is 2.77. The minimum atomic E-state index is -0.164. The van der Waals surface area contributed by atoms with Crippen molar-refractivity contribution in [2.75, 3.05) is 27.8 Å². The summed E-state index contributed by atoms with van der Waals surface area (Å²) in [4.78, 5) is 22.9. The molecule has 2 aromatic rings. The van der Waals surface area contributed by atoms with Gasteiger partial charge in [-0.1, -0.05) is 0 Å². The van der Waals surface area contributed by atoms with E-state index in [4.69, 9.17) is 9.47 Å². The molecular weight excluding hydrogens is 344 g/mol. The molecule has 0 spiro atoms. The Morgan fingerprint density at radius 1 is 1.15 bits per heavy atom. The van der Waals surface area contributed by atoms with Crippen LogP contribution in [0.3, 0.4) is 0 Å². The predicted octanol–water partition coefficient (Wildman–Crippen LogP) is 3.06. The number of carbonyl (C=O) groups excluding carboxylic acids is 1. The second-order valence-electron chi connectivity index (χ2n) is 6.44. The van der Waals surface area contributed by atoms with Gasteiger partial charge in [0.2, 0.25) is 0 Å². The van der Waals surface area contributed by atoms with Crippen LogP contribution in [-0.2, 0) is 6.42 Å². The van der Waals surface area contributed by atoms with Gasteiger partial charge in [0.15, 0.2) is 0 Å². The summed E-state index contributed by atoms with van der Waals surface area (Å²) in [5.74, 6) is 2.13. The lowest BCUT2D eigenvalue weighted by molar-refractivity contribution is 0.193. The number of amides is 2. The summed E-state index contributed by atoms with van der Waals surface area (Å²) in [6, 6.07) is 7.19. The van der Waals surface area contributed by atoms with Crippen molar-refractivity contribution in [3.63, 3.8) is 0 Å². The number of carbonyl (C=O) groups is 1. The van der Waals surface area contributed by atoms with Crippen molar-refractivity contribution in [3.05, 3.63) is 47.0 Å². The number of hydrogen-bond acceptors (Lipinski definition) is 5. The Morgan fingerprint density at radius 3 is 2.41 bits per heavy atom. The Morgan fingerprint density at radius 2 is 1.81 bits per heavy atom. The summed E-state index contributed by atoms with van der Waals surface area (Å²) < 4.78 is 10.7. The van der Waals surface area contributed by atoms with Gasteiger partial charge in [0.25, 0.3) is 0 Å². The predicted molar refractivity (Wildman–Crippen MR) is 104 cm³/mol. The third-order valence-corrected chi connectivity index (χ3v) is 4.45. The van der Waals surface area contributed by atoms with E-state index in [1.54, 1.807) is 26.2 Å². The Hall–Kier alpha value is -2.83. The largest absolute Gasteiger partial charge is 0.497 e. The molecule has 1 aromatic heterocycles. The summed E-state index contributed by atoms with van der Waals surface area (Å²) >= 11 is 0. The standard InChI is InChI=1S/C20H28N4O3/c1-13-11-14(2)23-19(22-13)9-10-21-20(25)24(4)15(3)17-8-7-16(26-5)12-18(17)27-6/h7-8,11-12,15H,9-10H2,1-6H3,(H,21,25). The van der Waals surface area contributed by atoms with Crippen LogP contribution in [0.4, 0.5) is 4.79 Å². The van der Waals surface area contributed by atoms with Crippen molar-refractivity contribution in [1.82, 2.24) is 20.2 Å². The fraction of sp³-hybridized carbons (Fsp3) is 0.450. The molecule has 1 heterocycles. The lowest BCUT2D eigenvalue weighted by Gasteiger charge is -2.27. The molecule has 146 valence electrons. The number of benzene rings is 1. The zero-order valence-corrected chi connectivity index (χ0v) is 16.9. The van der Waals surface area contributed by atoms with Gasteiger partial charge in [-0.3, -0.25) is 0 Å². The quantitative estimate of drug-likeness (QED) is 0.808. The lowest BCUT2D eigenvalue weighted by atomic mass is 10.1. The maximum absolute atomic E-state index is 12.5. The van der Waals surface area contributed by atoms with E-state index < -0.39 is 0 Å². The smallest absolute Gasteiger partial charge is 0.317 e.